The van der Waals surface area contributed by atoms with Crippen molar-refractivity contribution < 1.29 is 57.5 Å². The normalized spacial score (nSPS) is 8.25. The van der Waals surface area contributed by atoms with Crippen molar-refractivity contribution in [3.8, 4) is 0 Å². The molecule has 0 aromatic heterocycles. The van der Waals surface area contributed by atoms with E-state index in [1.165, 1.54) is 0 Å². The molecule has 0 heterocycles. The number of hydrogen-bond donors (Lipinski definition) is 0. The van der Waals surface area contributed by atoms with Gasteiger partial charge in [-0.25, -0.2) is 0 Å². The highest BCUT2D eigenvalue weighted by Gasteiger charge is 2.13. The summed E-state index contributed by atoms with van der Waals surface area (Å²) in [7, 11) is 0. The number of rotatable bonds is 8. The minimum absolute atomic E-state index is 0.697. The van der Waals surface area contributed by atoms with Crippen LogP contribution in [0.4, 0.5) is 0 Å². The van der Waals surface area contributed by atoms with E-state index in [9.17, 15) is 57.5 Å². The van der Waals surface area contributed by atoms with Gasteiger partial charge in [0, 0.05) is 55.4 Å². The third kappa shape index (κ3) is 20.8. The van der Waals surface area contributed by atoms with Crippen molar-refractivity contribution in [1.82, 2.24) is 0 Å². The maximum Gasteiger partial charge on any atom is 0.263 e. The van der Waals surface area contributed by atoms with Gasteiger partial charge in [0.2, 0.25) is 46.3 Å². The zero-order chi connectivity index (χ0) is 26.9. The highest BCUT2D eigenvalue weighted by Crippen LogP contribution is 1.77. The second-order valence-corrected chi connectivity index (χ2v) is 5.77. The van der Waals surface area contributed by atoms with E-state index in [4.69, 9.17) is 0 Å². The molecule has 0 rings (SSSR count). The minimum Gasteiger partial charge on any atom is -0.291 e. The summed E-state index contributed by atoms with van der Waals surface area (Å²) < 4.78 is 0. The predicted octanol–water partition coefficient (Wildman–Crippen LogP) is -1.07. The van der Waals surface area contributed by atoms with E-state index in [1.54, 1.807) is 0 Å². The van der Waals surface area contributed by atoms with Gasteiger partial charge in [0.1, 0.15) is 0 Å². The molecule has 12 heteroatoms. The molecule has 12 nitrogen and oxygen atoms in total. The molecular weight excluding hydrogens is 432 g/mol. The highest BCUT2D eigenvalue weighted by molar-refractivity contribution is 6.64. The zero-order valence-corrected chi connectivity index (χ0v) is 18.9. The summed E-state index contributed by atoms with van der Waals surface area (Å²) >= 11 is 0. The first-order valence-electron chi connectivity index (χ1n) is 8.45. The first kappa shape index (κ1) is 35.5. The van der Waals surface area contributed by atoms with E-state index >= 15 is 0 Å². The molecule has 0 amide bonds. The van der Waals surface area contributed by atoms with Crippen LogP contribution in [-0.4, -0.2) is 69.4 Å². The Morgan fingerprint density at radius 2 is 0.281 bits per heavy atom. The first-order chi connectivity index (χ1) is 14.2. The lowest BCUT2D eigenvalue weighted by Crippen LogP contribution is -2.17. The van der Waals surface area contributed by atoms with Crippen LogP contribution >= 0.6 is 0 Å². The van der Waals surface area contributed by atoms with Crippen molar-refractivity contribution >= 4 is 69.4 Å². The van der Waals surface area contributed by atoms with Gasteiger partial charge in [-0.05, 0) is 0 Å². The third-order valence-electron chi connectivity index (χ3n) is 2.56. The summed E-state index contributed by atoms with van der Waals surface area (Å²) in [5.41, 5.74) is 0. The van der Waals surface area contributed by atoms with Crippen molar-refractivity contribution in [3.63, 3.8) is 0 Å². The molecule has 0 saturated carbocycles. The van der Waals surface area contributed by atoms with Crippen LogP contribution in [0.15, 0.2) is 0 Å². The number of Topliss-reactive ketones (excluding diaryl/α,β-unsaturated/α-hetero) is 12. The molecule has 176 valence electrons. The Balaban J connectivity index is -0.000000163. The Hall–Kier alpha value is -3.96. The molecule has 32 heavy (non-hydrogen) atoms. The lowest BCUT2D eigenvalue weighted by Gasteiger charge is -1.81. The Bertz CT molecular complexity index is 663. The Morgan fingerprint density at radius 3 is 0.281 bits per heavy atom. The molecule has 0 spiro atoms. The van der Waals surface area contributed by atoms with Crippen LogP contribution < -0.4 is 0 Å². The third-order valence-corrected chi connectivity index (χ3v) is 2.56. The fourth-order valence-electron chi connectivity index (χ4n) is 0.992. The molecule has 0 N–H and O–H groups in total. The van der Waals surface area contributed by atoms with Gasteiger partial charge in [-0.1, -0.05) is 0 Å². The molecule has 0 aliphatic rings. The van der Waals surface area contributed by atoms with Crippen molar-refractivity contribution in [2.45, 2.75) is 55.4 Å². The first-order valence-corrected chi connectivity index (χ1v) is 8.45. The van der Waals surface area contributed by atoms with Gasteiger partial charge in [-0.3, -0.25) is 57.5 Å². The van der Waals surface area contributed by atoms with Gasteiger partial charge < -0.3 is 0 Å². The van der Waals surface area contributed by atoms with E-state index in [-0.39, 0.29) is 0 Å². The van der Waals surface area contributed by atoms with E-state index in [1.807, 2.05) is 0 Å². The smallest absolute Gasteiger partial charge is 0.263 e. The number of carbonyl (C=O) groups excluding carboxylic acids is 12. The molecule has 0 aromatic rings. The maximum absolute atomic E-state index is 10.1. The van der Waals surface area contributed by atoms with Crippen LogP contribution in [-0.2, 0) is 57.5 Å². The molecule has 0 fully saturated rings. The average Bonchev–Trinajstić information content (AvgIpc) is 2.65. The van der Waals surface area contributed by atoms with E-state index in [2.05, 4.69) is 0 Å². The second-order valence-electron chi connectivity index (χ2n) is 5.77. The molecule has 0 aromatic carbocycles. The molecule has 0 aliphatic heterocycles. The number of carbonyl (C=O) groups is 12. The van der Waals surface area contributed by atoms with Crippen LogP contribution in [0.3, 0.4) is 0 Å². The van der Waals surface area contributed by atoms with Gasteiger partial charge in [0.25, 0.3) is 23.1 Å². The maximum atomic E-state index is 10.1. The SMILES string of the molecule is CC(=O)C(=O)C(C)=O.CC(=O)C(=O)C(C)=O.CC(=O)C(=O)C(C)=O.CC(=O)C(=O)C(C)=O. The highest BCUT2D eigenvalue weighted by atomic mass is 16.2. The molecule has 0 unspecified atom stereocenters. The van der Waals surface area contributed by atoms with Gasteiger partial charge in [-0.2, -0.15) is 0 Å². The lowest BCUT2D eigenvalue weighted by molar-refractivity contribution is -0.142. The lowest BCUT2D eigenvalue weighted by atomic mass is 10.2. The van der Waals surface area contributed by atoms with Gasteiger partial charge in [-0.15, -0.1) is 0 Å². The van der Waals surface area contributed by atoms with Crippen molar-refractivity contribution in [2.75, 3.05) is 0 Å². The van der Waals surface area contributed by atoms with Crippen molar-refractivity contribution in [1.29, 1.82) is 0 Å². The molecule has 0 radical (unpaired) electrons. The fraction of sp³-hybridized carbons (Fsp3) is 0.400. The standard InChI is InChI=1S/4C5H6O3/c4*1-3(6)5(8)4(2)7/h4*1-2H3. The van der Waals surface area contributed by atoms with Crippen LogP contribution in [0.5, 0.6) is 0 Å². The molecule has 0 bridgehead atoms. The monoisotopic (exact) mass is 456 g/mol. The van der Waals surface area contributed by atoms with Crippen LogP contribution in [0, 0.1) is 0 Å². The van der Waals surface area contributed by atoms with Crippen LogP contribution in [0.25, 0.3) is 0 Å². The van der Waals surface area contributed by atoms with E-state index in [0.717, 1.165) is 55.4 Å². The van der Waals surface area contributed by atoms with E-state index in [0.29, 0.717) is 0 Å². The largest absolute Gasteiger partial charge is 0.291 e. The summed E-state index contributed by atoms with van der Waals surface area (Å²) in [6, 6.07) is 0. The van der Waals surface area contributed by atoms with Gasteiger partial charge in [0.15, 0.2) is 0 Å². The van der Waals surface area contributed by atoms with Crippen molar-refractivity contribution in [2.24, 2.45) is 0 Å². The Labute approximate surface area is 183 Å². The molecular formula is C20H24O12. The average molecular weight is 456 g/mol. The zero-order valence-electron chi connectivity index (χ0n) is 18.9. The fourth-order valence-corrected chi connectivity index (χ4v) is 0.992. The molecule has 0 aliphatic carbocycles. The Kier molecular flexibility index (Phi) is 19.8. The predicted molar refractivity (Wildman–Crippen MR) is 105 cm³/mol. The molecule has 0 atom stereocenters. The summed E-state index contributed by atoms with van der Waals surface area (Å²) in [5, 5.41) is 0. The number of ketones is 12. The summed E-state index contributed by atoms with van der Waals surface area (Å²) in [6.07, 6.45) is 0. The Morgan fingerprint density at radius 1 is 0.219 bits per heavy atom. The van der Waals surface area contributed by atoms with Crippen molar-refractivity contribution in [3.05, 3.63) is 0 Å². The quantitative estimate of drug-likeness (QED) is 0.316. The molecule has 0 saturated heterocycles. The summed E-state index contributed by atoms with van der Waals surface area (Å²) in [4.78, 5) is 121. The van der Waals surface area contributed by atoms with E-state index < -0.39 is 69.4 Å². The minimum atomic E-state index is -0.926. The topological polar surface area (TPSA) is 205 Å². The van der Waals surface area contributed by atoms with Gasteiger partial charge >= 0.3 is 0 Å². The summed E-state index contributed by atoms with van der Waals surface area (Å²) in [5.74, 6) is -9.28. The van der Waals surface area contributed by atoms with Crippen LogP contribution in [0.1, 0.15) is 55.4 Å². The van der Waals surface area contributed by atoms with Gasteiger partial charge in [0.05, 0.1) is 0 Å². The van der Waals surface area contributed by atoms with Crippen LogP contribution in [0.2, 0.25) is 0 Å². The summed E-state index contributed by atoms with van der Waals surface area (Å²) in [6.45, 7) is 8.59. The second kappa shape index (κ2) is 17.9. The number of hydrogen-bond acceptors (Lipinski definition) is 12.